The number of nitrogens with one attached hydrogen (secondary N) is 2. The minimum absolute atomic E-state index is 0.119. The minimum Gasteiger partial charge on any atom is -0.340 e. The number of thiophene rings is 1. The number of benzene rings is 1. The number of aromatic nitrogens is 1. The Balaban J connectivity index is 1.93. The first-order valence-electron chi connectivity index (χ1n) is 7.24. The highest BCUT2D eigenvalue weighted by Crippen LogP contribution is 2.26. The van der Waals surface area contributed by atoms with Crippen molar-refractivity contribution in [2.75, 3.05) is 0 Å². The predicted octanol–water partition coefficient (Wildman–Crippen LogP) is 3.26. The number of aryl methyl sites for hydroxylation is 1. The van der Waals surface area contributed by atoms with Gasteiger partial charge in [-0.25, -0.2) is 0 Å². The lowest BCUT2D eigenvalue weighted by molar-refractivity contribution is 0.0942. The van der Waals surface area contributed by atoms with Gasteiger partial charge in [-0.2, -0.15) is 0 Å². The van der Waals surface area contributed by atoms with Gasteiger partial charge in [0.1, 0.15) is 5.56 Å². The molecule has 0 radical (unpaired) electrons. The molecule has 0 saturated carbocycles. The van der Waals surface area contributed by atoms with Crippen LogP contribution in [0.5, 0.6) is 0 Å². The first-order chi connectivity index (χ1) is 11.1. The van der Waals surface area contributed by atoms with Crippen LogP contribution in [-0.2, 0) is 0 Å². The minimum atomic E-state index is -0.381. The molecule has 0 fully saturated rings. The molecule has 2 N–H and O–H groups in total. The van der Waals surface area contributed by atoms with E-state index < -0.39 is 0 Å². The van der Waals surface area contributed by atoms with Gasteiger partial charge in [0.2, 0.25) is 0 Å². The van der Waals surface area contributed by atoms with Crippen molar-refractivity contribution in [3.8, 4) is 0 Å². The third-order valence-electron chi connectivity index (χ3n) is 3.54. The van der Waals surface area contributed by atoms with Gasteiger partial charge in [-0.05, 0) is 36.1 Å². The zero-order chi connectivity index (χ0) is 16.2. The molecule has 0 aliphatic heterocycles. The van der Waals surface area contributed by atoms with E-state index in [1.807, 2.05) is 47.8 Å². The summed E-state index contributed by atoms with van der Waals surface area (Å²) in [6, 6.07) is 16.6. The fourth-order valence-electron chi connectivity index (χ4n) is 2.38. The van der Waals surface area contributed by atoms with E-state index >= 15 is 0 Å². The molecule has 5 heteroatoms. The Morgan fingerprint density at radius 3 is 2.52 bits per heavy atom. The molecule has 1 atom stereocenters. The Labute approximate surface area is 137 Å². The fraction of sp³-hybridized carbons (Fsp3) is 0.111. The van der Waals surface area contributed by atoms with Crippen LogP contribution in [0.2, 0.25) is 0 Å². The molecule has 2 aromatic heterocycles. The van der Waals surface area contributed by atoms with Crippen LogP contribution in [0.15, 0.2) is 64.8 Å². The van der Waals surface area contributed by atoms with Crippen LogP contribution in [-0.4, -0.2) is 10.9 Å². The second-order valence-corrected chi connectivity index (χ2v) is 6.20. The van der Waals surface area contributed by atoms with Gasteiger partial charge in [-0.3, -0.25) is 9.59 Å². The first kappa shape index (κ1) is 15.2. The van der Waals surface area contributed by atoms with Crippen molar-refractivity contribution in [1.29, 1.82) is 0 Å². The standard InChI is InChI=1S/C18H16N2O2S/c1-12-9-10-14(17(21)19-12)18(22)20-16(15-8-5-11-23-15)13-6-3-2-4-7-13/h2-11,16H,1H3,(H,19,21)(H,20,22)/t16-/m1/s1. The number of hydrogen-bond acceptors (Lipinski definition) is 3. The van der Waals surface area contributed by atoms with Gasteiger partial charge in [-0.15, -0.1) is 11.3 Å². The van der Waals surface area contributed by atoms with Crippen LogP contribution in [0.1, 0.15) is 32.5 Å². The molecule has 3 aromatic rings. The maximum Gasteiger partial charge on any atom is 0.260 e. The number of rotatable bonds is 4. The molecule has 2 heterocycles. The molecular formula is C18H16N2O2S. The number of aromatic amines is 1. The van der Waals surface area contributed by atoms with E-state index in [2.05, 4.69) is 10.3 Å². The van der Waals surface area contributed by atoms with Gasteiger partial charge in [0.15, 0.2) is 0 Å². The van der Waals surface area contributed by atoms with Gasteiger partial charge in [0.05, 0.1) is 6.04 Å². The summed E-state index contributed by atoms with van der Waals surface area (Å²) in [4.78, 5) is 28.2. The SMILES string of the molecule is Cc1ccc(C(=O)N[C@H](c2ccccc2)c2cccs2)c(=O)[nH]1. The summed E-state index contributed by atoms with van der Waals surface area (Å²) in [6.45, 7) is 1.78. The lowest BCUT2D eigenvalue weighted by Gasteiger charge is -2.18. The monoisotopic (exact) mass is 324 g/mol. The number of hydrogen-bond donors (Lipinski definition) is 2. The molecule has 116 valence electrons. The van der Waals surface area contributed by atoms with Crippen molar-refractivity contribution in [2.45, 2.75) is 13.0 Å². The molecule has 1 amide bonds. The number of pyridine rings is 1. The summed E-state index contributed by atoms with van der Waals surface area (Å²) in [5.74, 6) is -0.381. The van der Waals surface area contributed by atoms with Gasteiger partial charge in [0.25, 0.3) is 11.5 Å². The predicted molar refractivity (Wildman–Crippen MR) is 91.9 cm³/mol. The molecule has 0 bridgehead atoms. The van der Waals surface area contributed by atoms with Crippen LogP contribution in [0.25, 0.3) is 0 Å². The van der Waals surface area contributed by atoms with E-state index in [1.165, 1.54) is 0 Å². The first-order valence-corrected chi connectivity index (χ1v) is 8.12. The highest BCUT2D eigenvalue weighted by atomic mass is 32.1. The Hall–Kier alpha value is -2.66. The van der Waals surface area contributed by atoms with Crippen molar-refractivity contribution in [1.82, 2.24) is 10.3 Å². The largest absolute Gasteiger partial charge is 0.340 e. The lowest BCUT2D eigenvalue weighted by Crippen LogP contribution is -2.33. The summed E-state index contributed by atoms with van der Waals surface area (Å²) in [5, 5.41) is 4.93. The zero-order valence-electron chi connectivity index (χ0n) is 12.6. The van der Waals surface area contributed by atoms with E-state index in [0.717, 1.165) is 16.1 Å². The Morgan fingerprint density at radius 1 is 1.09 bits per heavy atom. The van der Waals surface area contributed by atoms with Crippen molar-refractivity contribution in [3.05, 3.63) is 92.0 Å². The van der Waals surface area contributed by atoms with E-state index in [9.17, 15) is 9.59 Å². The summed E-state index contributed by atoms with van der Waals surface area (Å²) in [7, 11) is 0. The topological polar surface area (TPSA) is 62.0 Å². The van der Waals surface area contributed by atoms with Gasteiger partial charge >= 0.3 is 0 Å². The van der Waals surface area contributed by atoms with E-state index in [1.54, 1.807) is 30.4 Å². The number of carbonyl (C=O) groups is 1. The van der Waals surface area contributed by atoms with Crippen LogP contribution in [0.3, 0.4) is 0 Å². The molecule has 0 unspecified atom stereocenters. The van der Waals surface area contributed by atoms with Gasteiger partial charge in [-0.1, -0.05) is 36.4 Å². The maximum atomic E-state index is 12.5. The fourth-order valence-corrected chi connectivity index (χ4v) is 3.18. The number of H-pyrrole nitrogens is 1. The second-order valence-electron chi connectivity index (χ2n) is 5.22. The van der Waals surface area contributed by atoms with Crippen LogP contribution < -0.4 is 10.9 Å². The van der Waals surface area contributed by atoms with E-state index in [4.69, 9.17) is 0 Å². The second kappa shape index (κ2) is 6.62. The summed E-state index contributed by atoms with van der Waals surface area (Å²) < 4.78 is 0. The normalized spacial score (nSPS) is 11.9. The highest BCUT2D eigenvalue weighted by molar-refractivity contribution is 7.10. The quantitative estimate of drug-likeness (QED) is 0.774. The van der Waals surface area contributed by atoms with Crippen LogP contribution in [0, 0.1) is 6.92 Å². The molecule has 3 rings (SSSR count). The van der Waals surface area contributed by atoms with Crippen molar-refractivity contribution in [2.24, 2.45) is 0 Å². The van der Waals surface area contributed by atoms with Crippen molar-refractivity contribution in [3.63, 3.8) is 0 Å². The van der Waals surface area contributed by atoms with Gasteiger partial charge < -0.3 is 10.3 Å². The third-order valence-corrected chi connectivity index (χ3v) is 4.47. The average Bonchev–Trinajstić information content (AvgIpc) is 3.07. The Kier molecular flexibility index (Phi) is 4.39. The molecule has 4 nitrogen and oxygen atoms in total. The molecule has 0 saturated heterocycles. The summed E-state index contributed by atoms with van der Waals surface area (Å²) in [5.41, 5.74) is 1.45. The Morgan fingerprint density at radius 2 is 1.87 bits per heavy atom. The third kappa shape index (κ3) is 3.40. The molecule has 0 aliphatic carbocycles. The molecule has 0 spiro atoms. The zero-order valence-corrected chi connectivity index (χ0v) is 13.4. The average molecular weight is 324 g/mol. The summed E-state index contributed by atoms with van der Waals surface area (Å²) >= 11 is 1.57. The Bertz CT molecular complexity index is 854. The highest BCUT2D eigenvalue weighted by Gasteiger charge is 2.20. The number of amides is 1. The lowest BCUT2D eigenvalue weighted by atomic mass is 10.0. The van der Waals surface area contributed by atoms with E-state index in [-0.39, 0.29) is 23.1 Å². The van der Waals surface area contributed by atoms with Crippen molar-refractivity contribution >= 4 is 17.2 Å². The molecule has 23 heavy (non-hydrogen) atoms. The molecular weight excluding hydrogens is 308 g/mol. The molecule has 0 aliphatic rings. The van der Waals surface area contributed by atoms with Gasteiger partial charge in [0, 0.05) is 10.6 Å². The van der Waals surface area contributed by atoms with Crippen LogP contribution in [0.4, 0.5) is 0 Å². The van der Waals surface area contributed by atoms with E-state index in [0.29, 0.717) is 0 Å². The molecule has 1 aromatic carbocycles. The smallest absolute Gasteiger partial charge is 0.260 e. The summed E-state index contributed by atoms with van der Waals surface area (Å²) in [6.07, 6.45) is 0. The number of carbonyl (C=O) groups excluding carboxylic acids is 1. The maximum absolute atomic E-state index is 12.5. The van der Waals surface area contributed by atoms with Crippen molar-refractivity contribution < 1.29 is 4.79 Å². The van der Waals surface area contributed by atoms with Crippen LogP contribution >= 0.6 is 11.3 Å².